The maximum absolute atomic E-state index is 13.5. The number of aromatic nitrogens is 3. The molecule has 5 aromatic rings. The minimum Gasteiger partial charge on any atom is -0.480 e. The van der Waals surface area contributed by atoms with Crippen molar-refractivity contribution in [2.24, 2.45) is 0 Å². The fourth-order valence-electron chi connectivity index (χ4n) is 3.30. The van der Waals surface area contributed by atoms with E-state index in [1.54, 1.807) is 6.20 Å². The number of aryl methyl sites for hydroxylation is 1. The van der Waals surface area contributed by atoms with E-state index >= 15 is 0 Å². The molecule has 0 aliphatic rings. The Morgan fingerprint density at radius 1 is 1.00 bits per heavy atom. The average molecular weight is 477 g/mol. The van der Waals surface area contributed by atoms with Gasteiger partial charge in [-0.15, -0.1) is 0 Å². The molecule has 0 saturated carbocycles. The van der Waals surface area contributed by atoms with E-state index in [1.165, 1.54) is 35.8 Å². The van der Waals surface area contributed by atoms with Crippen molar-refractivity contribution in [2.45, 2.75) is 11.8 Å². The van der Waals surface area contributed by atoms with Gasteiger partial charge in [-0.05, 0) is 72.0 Å². The average Bonchev–Trinajstić information content (AvgIpc) is 3.38. The molecular weight excluding hydrogens is 454 g/mol. The molecule has 0 radical (unpaired) electrons. The summed E-state index contributed by atoms with van der Waals surface area (Å²) < 4.78 is 34.3. The molecule has 0 aliphatic carbocycles. The molecule has 0 aliphatic heterocycles. The number of aromatic amines is 1. The first-order chi connectivity index (χ1) is 16.5. The van der Waals surface area contributed by atoms with Gasteiger partial charge in [0.15, 0.2) is 0 Å². The Balaban J connectivity index is 0.000000165. The van der Waals surface area contributed by atoms with Crippen molar-refractivity contribution >= 4 is 28.5 Å². The van der Waals surface area contributed by atoms with Crippen LogP contribution in [-0.2, 0) is 0 Å². The van der Waals surface area contributed by atoms with Crippen molar-refractivity contribution in [1.29, 1.82) is 0 Å². The molecule has 2 aromatic carbocycles. The smallest absolute Gasteiger partial charge is 0.237 e. The SMILES string of the molecule is COc1ncc(C)cc1NSc1ccc(F)cc1F.c1ccc2c(-c3cc[nH]c3)ccnc2c1. The third kappa shape index (κ3) is 5.52. The van der Waals surface area contributed by atoms with Crippen LogP contribution in [-0.4, -0.2) is 22.1 Å². The van der Waals surface area contributed by atoms with Gasteiger partial charge in [-0.1, -0.05) is 18.2 Å². The van der Waals surface area contributed by atoms with Gasteiger partial charge in [0, 0.05) is 36.2 Å². The maximum atomic E-state index is 13.5. The van der Waals surface area contributed by atoms with Crippen LogP contribution in [0, 0.1) is 18.6 Å². The highest BCUT2D eigenvalue weighted by Gasteiger charge is 2.08. The molecule has 0 bridgehead atoms. The van der Waals surface area contributed by atoms with Crippen LogP contribution < -0.4 is 9.46 Å². The number of hydrogen-bond acceptors (Lipinski definition) is 5. The number of nitrogens with one attached hydrogen (secondary N) is 2. The summed E-state index contributed by atoms with van der Waals surface area (Å²) >= 11 is 1.04. The van der Waals surface area contributed by atoms with Crippen molar-refractivity contribution in [2.75, 3.05) is 11.8 Å². The number of hydrogen-bond donors (Lipinski definition) is 2. The highest BCUT2D eigenvalue weighted by molar-refractivity contribution is 8.00. The summed E-state index contributed by atoms with van der Waals surface area (Å²) in [6, 6.07) is 17.6. The molecule has 0 atom stereocenters. The minimum absolute atomic E-state index is 0.296. The van der Waals surface area contributed by atoms with Crippen LogP contribution >= 0.6 is 11.9 Å². The molecule has 3 heterocycles. The van der Waals surface area contributed by atoms with Crippen LogP contribution in [0.1, 0.15) is 5.56 Å². The lowest BCUT2D eigenvalue weighted by Gasteiger charge is -2.10. The number of fused-ring (bicyclic) bond motifs is 1. The predicted octanol–water partition coefficient (Wildman–Crippen LogP) is 7.03. The first-order valence-corrected chi connectivity index (χ1v) is 11.2. The van der Waals surface area contributed by atoms with E-state index in [2.05, 4.69) is 31.8 Å². The maximum Gasteiger partial charge on any atom is 0.237 e. The van der Waals surface area contributed by atoms with E-state index in [9.17, 15) is 8.78 Å². The zero-order valence-electron chi connectivity index (χ0n) is 18.5. The number of benzene rings is 2. The van der Waals surface area contributed by atoms with E-state index in [-0.39, 0.29) is 0 Å². The topological polar surface area (TPSA) is 62.8 Å². The van der Waals surface area contributed by atoms with Gasteiger partial charge in [0.25, 0.3) is 0 Å². The number of pyridine rings is 2. The summed E-state index contributed by atoms with van der Waals surface area (Å²) in [7, 11) is 1.51. The van der Waals surface area contributed by atoms with Gasteiger partial charge >= 0.3 is 0 Å². The fraction of sp³-hybridized carbons (Fsp3) is 0.0769. The van der Waals surface area contributed by atoms with Crippen molar-refractivity contribution < 1.29 is 13.5 Å². The van der Waals surface area contributed by atoms with Crippen LogP contribution in [0.25, 0.3) is 22.0 Å². The highest BCUT2D eigenvalue weighted by Crippen LogP contribution is 2.29. The van der Waals surface area contributed by atoms with Gasteiger partial charge in [-0.2, -0.15) is 0 Å². The Morgan fingerprint density at radius 3 is 2.62 bits per heavy atom. The number of H-pyrrole nitrogens is 1. The van der Waals surface area contributed by atoms with Gasteiger partial charge in [-0.25, -0.2) is 13.8 Å². The zero-order valence-corrected chi connectivity index (χ0v) is 19.4. The van der Waals surface area contributed by atoms with Crippen LogP contribution in [0.15, 0.2) is 90.3 Å². The van der Waals surface area contributed by atoms with E-state index in [0.717, 1.165) is 29.1 Å². The molecule has 34 heavy (non-hydrogen) atoms. The van der Waals surface area contributed by atoms with E-state index in [0.29, 0.717) is 16.5 Å². The number of anilines is 1. The van der Waals surface area contributed by atoms with Crippen molar-refractivity contribution in [1.82, 2.24) is 15.0 Å². The first-order valence-electron chi connectivity index (χ1n) is 10.4. The van der Waals surface area contributed by atoms with Crippen LogP contribution in [0.5, 0.6) is 5.88 Å². The largest absolute Gasteiger partial charge is 0.480 e. The van der Waals surface area contributed by atoms with Gasteiger partial charge in [0.05, 0.1) is 17.5 Å². The van der Waals surface area contributed by atoms with Gasteiger partial charge in [0.1, 0.15) is 17.3 Å². The zero-order chi connectivity index (χ0) is 23.9. The Kier molecular flexibility index (Phi) is 7.39. The molecule has 0 unspecified atom stereocenters. The molecule has 0 amide bonds. The lowest BCUT2D eigenvalue weighted by atomic mass is 10.0. The molecule has 0 spiro atoms. The lowest BCUT2D eigenvalue weighted by molar-refractivity contribution is 0.400. The standard InChI is InChI=1S/C13H12F2N2OS.C13H10N2/c1-8-5-11(13(18-2)16-7-8)17-19-12-4-3-9(14)6-10(12)15;1-2-4-13-12(3-1)11(6-8-15-13)10-5-7-14-9-10/h3-7,17H,1-2H3;1-9,14H. The Hall–Kier alpha value is -3.91. The van der Waals surface area contributed by atoms with E-state index < -0.39 is 11.6 Å². The second-order valence-electron chi connectivity index (χ2n) is 7.32. The molecule has 5 nitrogen and oxygen atoms in total. The third-order valence-corrected chi connectivity index (χ3v) is 5.78. The second kappa shape index (κ2) is 10.8. The van der Waals surface area contributed by atoms with Crippen molar-refractivity contribution in [3.05, 3.63) is 103 Å². The number of para-hydroxylation sites is 1. The van der Waals surface area contributed by atoms with Crippen LogP contribution in [0.3, 0.4) is 0 Å². The Bertz CT molecular complexity index is 1390. The minimum atomic E-state index is -0.614. The number of ether oxygens (including phenoxy) is 1. The summed E-state index contributed by atoms with van der Waals surface area (Å²) in [6.07, 6.45) is 7.46. The van der Waals surface area contributed by atoms with E-state index in [4.69, 9.17) is 4.74 Å². The normalized spacial score (nSPS) is 10.5. The molecule has 8 heteroatoms. The Labute approximate surface area is 200 Å². The summed E-state index contributed by atoms with van der Waals surface area (Å²) in [6.45, 7) is 1.89. The van der Waals surface area contributed by atoms with Crippen molar-refractivity contribution in [3.8, 4) is 17.0 Å². The van der Waals surface area contributed by atoms with Crippen LogP contribution in [0.2, 0.25) is 0 Å². The molecule has 0 fully saturated rings. The predicted molar refractivity (Wildman–Crippen MR) is 133 cm³/mol. The van der Waals surface area contributed by atoms with Gasteiger partial charge in [0.2, 0.25) is 5.88 Å². The summed E-state index contributed by atoms with van der Waals surface area (Å²) in [5, 5.41) is 1.19. The molecular formula is C26H22F2N4OS. The first kappa shape index (κ1) is 23.3. The number of nitrogens with zero attached hydrogens (tertiary/aromatic N) is 2. The molecule has 3 aromatic heterocycles. The number of halogens is 2. The summed E-state index contributed by atoms with van der Waals surface area (Å²) in [5.74, 6) is -0.797. The van der Waals surface area contributed by atoms with Crippen LogP contribution in [0.4, 0.5) is 14.5 Å². The number of rotatable bonds is 5. The molecule has 172 valence electrons. The Morgan fingerprint density at radius 2 is 1.85 bits per heavy atom. The monoisotopic (exact) mass is 476 g/mol. The van der Waals surface area contributed by atoms with Gasteiger partial charge < -0.3 is 14.4 Å². The summed E-state index contributed by atoms with van der Waals surface area (Å²) in [5.41, 5.74) is 5.05. The number of methoxy groups -OCH3 is 1. The van der Waals surface area contributed by atoms with E-state index in [1.807, 2.05) is 55.8 Å². The lowest BCUT2D eigenvalue weighted by Crippen LogP contribution is -1.96. The molecule has 2 N–H and O–H groups in total. The summed E-state index contributed by atoms with van der Waals surface area (Å²) in [4.78, 5) is 11.8. The van der Waals surface area contributed by atoms with Crippen molar-refractivity contribution in [3.63, 3.8) is 0 Å². The molecule has 5 rings (SSSR count). The second-order valence-corrected chi connectivity index (χ2v) is 8.17. The fourth-order valence-corrected chi connectivity index (χ4v) is 3.96. The highest BCUT2D eigenvalue weighted by atomic mass is 32.2. The quantitative estimate of drug-likeness (QED) is 0.267. The molecule has 0 saturated heterocycles. The third-order valence-electron chi connectivity index (χ3n) is 4.90. The van der Waals surface area contributed by atoms with Gasteiger partial charge in [-0.3, -0.25) is 4.98 Å².